The van der Waals surface area contributed by atoms with Crippen LogP contribution in [0.3, 0.4) is 0 Å². The average Bonchev–Trinajstić information content (AvgIpc) is 3.10. The Hall–Kier alpha value is -2.41. The zero-order chi connectivity index (χ0) is 16.8. The van der Waals surface area contributed by atoms with Gasteiger partial charge < -0.3 is 14.5 Å². The summed E-state index contributed by atoms with van der Waals surface area (Å²) in [5, 5.41) is 5.80. The van der Waals surface area contributed by atoms with E-state index in [4.69, 9.17) is 9.15 Å². The Morgan fingerprint density at radius 3 is 2.96 bits per heavy atom. The maximum Gasteiger partial charge on any atom is 0.412 e. The number of oxazole rings is 1. The normalized spacial score (nSPS) is 15.2. The first-order valence-electron chi connectivity index (χ1n) is 8.01. The maximum absolute atomic E-state index is 14.2. The molecule has 128 valence electrons. The molecule has 0 radical (unpaired) electrons. The first kappa shape index (κ1) is 16.4. The number of aromatic nitrogens is 1. The van der Waals surface area contributed by atoms with Gasteiger partial charge in [-0.1, -0.05) is 6.07 Å². The van der Waals surface area contributed by atoms with Gasteiger partial charge in [0, 0.05) is 5.69 Å². The summed E-state index contributed by atoms with van der Waals surface area (Å²) in [6, 6.07) is 4.74. The van der Waals surface area contributed by atoms with Crippen LogP contribution in [0.1, 0.15) is 24.2 Å². The number of carbonyl (C=O) groups excluding carboxylic acids is 1. The third-order valence-corrected chi connectivity index (χ3v) is 4.10. The predicted octanol–water partition coefficient (Wildman–Crippen LogP) is 3.10. The Bertz CT molecular complexity index is 670. The summed E-state index contributed by atoms with van der Waals surface area (Å²) in [5.41, 5.74) is 1.05. The van der Waals surface area contributed by atoms with Crippen molar-refractivity contribution in [1.29, 1.82) is 0 Å². The highest BCUT2D eigenvalue weighted by Crippen LogP contribution is 2.22. The van der Waals surface area contributed by atoms with E-state index in [9.17, 15) is 9.18 Å². The number of rotatable bonds is 5. The first-order chi connectivity index (χ1) is 11.7. The smallest absolute Gasteiger partial charge is 0.412 e. The van der Waals surface area contributed by atoms with Gasteiger partial charge in [-0.2, -0.15) is 0 Å². The van der Waals surface area contributed by atoms with Crippen molar-refractivity contribution < 1.29 is 18.3 Å². The van der Waals surface area contributed by atoms with Gasteiger partial charge in [0.1, 0.15) is 5.82 Å². The standard InChI is InChI=1S/C17H20FN3O3/c18-16-8-14(21-17(22)23-10-15-9-20-11-24-15)2-1-13(16)7-12-3-5-19-6-4-12/h1-2,8-9,11-12,19H,3-7,10H2,(H,21,22). The van der Waals surface area contributed by atoms with Crippen LogP contribution in [0, 0.1) is 11.7 Å². The predicted molar refractivity (Wildman–Crippen MR) is 86.0 cm³/mol. The van der Waals surface area contributed by atoms with E-state index in [1.165, 1.54) is 18.7 Å². The van der Waals surface area contributed by atoms with Gasteiger partial charge in [0.15, 0.2) is 18.8 Å². The summed E-state index contributed by atoms with van der Waals surface area (Å²) < 4.78 is 24.2. The van der Waals surface area contributed by atoms with Crippen LogP contribution in [0.2, 0.25) is 0 Å². The molecule has 24 heavy (non-hydrogen) atoms. The van der Waals surface area contributed by atoms with Crippen LogP contribution in [-0.4, -0.2) is 24.2 Å². The topological polar surface area (TPSA) is 76.4 Å². The molecule has 0 saturated carbocycles. The number of anilines is 1. The third kappa shape index (κ3) is 4.55. The van der Waals surface area contributed by atoms with Crippen molar-refractivity contribution in [2.45, 2.75) is 25.9 Å². The van der Waals surface area contributed by atoms with Gasteiger partial charge in [0.25, 0.3) is 0 Å². The van der Waals surface area contributed by atoms with Gasteiger partial charge >= 0.3 is 6.09 Å². The molecule has 1 aliphatic rings. The number of hydrogen-bond acceptors (Lipinski definition) is 5. The average molecular weight is 333 g/mol. The van der Waals surface area contributed by atoms with Crippen LogP contribution in [-0.2, 0) is 17.8 Å². The van der Waals surface area contributed by atoms with Gasteiger partial charge in [0.2, 0.25) is 0 Å². The van der Waals surface area contributed by atoms with Crippen LogP contribution < -0.4 is 10.6 Å². The molecule has 1 fully saturated rings. The van der Waals surface area contributed by atoms with E-state index in [2.05, 4.69) is 15.6 Å². The molecule has 7 heteroatoms. The Balaban J connectivity index is 1.52. The highest BCUT2D eigenvalue weighted by atomic mass is 19.1. The summed E-state index contributed by atoms with van der Waals surface area (Å²) >= 11 is 0. The largest absolute Gasteiger partial charge is 0.445 e. The van der Waals surface area contributed by atoms with E-state index in [0.29, 0.717) is 22.9 Å². The van der Waals surface area contributed by atoms with Crippen molar-refractivity contribution in [2.75, 3.05) is 18.4 Å². The molecule has 0 atom stereocenters. The molecule has 1 amide bonds. The van der Waals surface area contributed by atoms with Crippen LogP contribution in [0.25, 0.3) is 0 Å². The van der Waals surface area contributed by atoms with E-state index in [1.807, 2.05) is 0 Å². The van der Waals surface area contributed by atoms with Crippen LogP contribution in [0.5, 0.6) is 0 Å². The number of carbonyl (C=O) groups is 1. The molecule has 1 aliphatic heterocycles. The Kier molecular flexibility index (Phi) is 5.43. The van der Waals surface area contributed by atoms with E-state index in [1.54, 1.807) is 12.1 Å². The van der Waals surface area contributed by atoms with Crippen LogP contribution >= 0.6 is 0 Å². The highest BCUT2D eigenvalue weighted by Gasteiger charge is 2.16. The molecule has 0 bridgehead atoms. The summed E-state index contributed by atoms with van der Waals surface area (Å²) in [4.78, 5) is 15.4. The molecule has 1 saturated heterocycles. The SMILES string of the molecule is O=C(Nc1ccc(CC2CCNCC2)c(F)c1)OCc1cnco1. The number of benzene rings is 1. The van der Waals surface area contributed by atoms with Gasteiger partial charge in [-0.3, -0.25) is 5.32 Å². The van der Waals surface area contributed by atoms with Crippen LogP contribution in [0.15, 0.2) is 35.2 Å². The van der Waals surface area contributed by atoms with Gasteiger partial charge in [-0.25, -0.2) is 14.2 Å². The van der Waals surface area contributed by atoms with E-state index >= 15 is 0 Å². The Morgan fingerprint density at radius 1 is 1.42 bits per heavy atom. The summed E-state index contributed by atoms with van der Waals surface area (Å²) in [5.74, 6) is 0.640. The number of amides is 1. The quantitative estimate of drug-likeness (QED) is 0.879. The van der Waals surface area contributed by atoms with Crippen molar-refractivity contribution in [3.63, 3.8) is 0 Å². The minimum Gasteiger partial charge on any atom is -0.445 e. The molecule has 2 N–H and O–H groups in total. The maximum atomic E-state index is 14.2. The lowest BCUT2D eigenvalue weighted by Gasteiger charge is -2.22. The van der Waals surface area contributed by atoms with Crippen molar-refractivity contribution in [3.05, 3.63) is 47.9 Å². The number of nitrogens with one attached hydrogen (secondary N) is 2. The lowest BCUT2D eigenvalue weighted by molar-refractivity contribution is 0.146. The molecule has 0 aliphatic carbocycles. The van der Waals surface area contributed by atoms with Crippen molar-refractivity contribution in [1.82, 2.24) is 10.3 Å². The zero-order valence-corrected chi connectivity index (χ0v) is 13.3. The molecule has 0 spiro atoms. The molecule has 2 heterocycles. The van der Waals surface area contributed by atoms with E-state index < -0.39 is 6.09 Å². The lowest BCUT2D eigenvalue weighted by atomic mass is 9.91. The van der Waals surface area contributed by atoms with Gasteiger partial charge in [-0.05, 0) is 56.0 Å². The minimum absolute atomic E-state index is 0.0257. The summed E-state index contributed by atoms with van der Waals surface area (Å²) in [7, 11) is 0. The second kappa shape index (κ2) is 7.92. The van der Waals surface area contributed by atoms with Crippen molar-refractivity contribution in [3.8, 4) is 0 Å². The molecular formula is C17H20FN3O3. The molecule has 6 nitrogen and oxygen atoms in total. The second-order valence-electron chi connectivity index (χ2n) is 5.87. The Morgan fingerprint density at radius 2 is 2.25 bits per heavy atom. The third-order valence-electron chi connectivity index (χ3n) is 4.10. The van der Waals surface area contributed by atoms with Gasteiger partial charge in [-0.15, -0.1) is 0 Å². The molecule has 2 aromatic rings. The van der Waals surface area contributed by atoms with E-state index in [0.717, 1.165) is 32.4 Å². The molecule has 1 aromatic heterocycles. The van der Waals surface area contributed by atoms with Crippen molar-refractivity contribution >= 4 is 11.8 Å². The minimum atomic E-state index is -0.670. The fourth-order valence-corrected chi connectivity index (χ4v) is 2.79. The second-order valence-corrected chi connectivity index (χ2v) is 5.87. The number of halogens is 1. The molecular weight excluding hydrogens is 313 g/mol. The summed E-state index contributed by atoms with van der Waals surface area (Å²) in [6.07, 6.45) is 4.90. The lowest BCUT2D eigenvalue weighted by Crippen LogP contribution is -2.28. The molecule has 3 rings (SSSR count). The number of piperidine rings is 1. The van der Waals surface area contributed by atoms with Crippen LogP contribution in [0.4, 0.5) is 14.9 Å². The zero-order valence-electron chi connectivity index (χ0n) is 13.3. The number of ether oxygens (including phenoxy) is 1. The van der Waals surface area contributed by atoms with E-state index in [-0.39, 0.29) is 12.4 Å². The fourth-order valence-electron chi connectivity index (χ4n) is 2.79. The monoisotopic (exact) mass is 333 g/mol. The van der Waals surface area contributed by atoms with Gasteiger partial charge in [0.05, 0.1) is 6.20 Å². The van der Waals surface area contributed by atoms with Crippen molar-refractivity contribution in [2.24, 2.45) is 5.92 Å². The summed E-state index contributed by atoms with van der Waals surface area (Å²) in [6.45, 7) is 1.95. The highest BCUT2D eigenvalue weighted by molar-refractivity contribution is 5.84. The first-order valence-corrected chi connectivity index (χ1v) is 8.01. The Labute approximate surface area is 139 Å². The number of nitrogens with zero attached hydrogens (tertiary/aromatic N) is 1. The molecule has 1 aromatic carbocycles. The molecule has 0 unspecified atom stereocenters. The number of hydrogen-bond donors (Lipinski definition) is 2. The fraction of sp³-hybridized carbons (Fsp3) is 0.412.